The van der Waals surface area contributed by atoms with Crippen molar-refractivity contribution in [1.82, 2.24) is 15.0 Å². The second kappa shape index (κ2) is 6.07. The Morgan fingerprint density at radius 1 is 1.32 bits per heavy atom. The Morgan fingerprint density at radius 2 is 2.09 bits per heavy atom. The van der Waals surface area contributed by atoms with Gasteiger partial charge in [-0.2, -0.15) is 4.73 Å². The van der Waals surface area contributed by atoms with Crippen molar-refractivity contribution in [3.63, 3.8) is 0 Å². The van der Waals surface area contributed by atoms with Crippen LogP contribution in [-0.4, -0.2) is 20.9 Å². The quantitative estimate of drug-likeness (QED) is 0.875. The Morgan fingerprint density at radius 3 is 2.77 bits per heavy atom. The van der Waals surface area contributed by atoms with Crippen molar-refractivity contribution in [2.45, 2.75) is 13.5 Å². The number of benzene rings is 1. The highest BCUT2D eigenvalue weighted by Gasteiger charge is 2.25. The summed E-state index contributed by atoms with van der Waals surface area (Å²) in [6.07, 6.45) is 4.75. The normalized spacial score (nSPS) is 16.1. The molecule has 2 heterocycles. The Kier molecular flexibility index (Phi) is 3.97. The lowest BCUT2D eigenvalue weighted by Gasteiger charge is -2.08. The number of aryl methyl sites for hydroxylation is 1. The van der Waals surface area contributed by atoms with Crippen LogP contribution in [0, 0.1) is 6.92 Å². The first-order chi connectivity index (χ1) is 10.6. The average Bonchev–Trinajstić information content (AvgIpc) is 3.05. The fourth-order valence-corrected chi connectivity index (χ4v) is 2.53. The predicted molar refractivity (Wildman–Crippen MR) is 82.8 cm³/mol. The molecule has 2 amide bonds. The number of aromatic nitrogens is 2. The Bertz CT molecular complexity index is 750. The van der Waals surface area contributed by atoms with E-state index in [4.69, 9.17) is 4.84 Å². The monoisotopic (exact) mass is 315 g/mol. The molecule has 0 aliphatic carbocycles. The number of thioether (sulfide) groups is 1. The molecule has 1 fully saturated rings. The minimum Gasteiger partial charge on any atom is -0.408 e. The van der Waals surface area contributed by atoms with Crippen LogP contribution in [0.5, 0.6) is 0 Å². The summed E-state index contributed by atoms with van der Waals surface area (Å²) in [7, 11) is 0. The molecule has 0 radical (unpaired) electrons. The van der Waals surface area contributed by atoms with Gasteiger partial charge < -0.3 is 4.84 Å². The van der Waals surface area contributed by atoms with Gasteiger partial charge in [-0.15, -0.1) is 0 Å². The van der Waals surface area contributed by atoms with Crippen LogP contribution in [0.1, 0.15) is 17.0 Å². The van der Waals surface area contributed by atoms with Crippen LogP contribution in [0.4, 0.5) is 4.79 Å². The molecule has 0 spiro atoms. The first-order valence-electron chi connectivity index (χ1n) is 6.59. The summed E-state index contributed by atoms with van der Waals surface area (Å²) in [6, 6.07) is 8.01. The average molecular weight is 315 g/mol. The van der Waals surface area contributed by atoms with Gasteiger partial charge in [-0.1, -0.05) is 29.8 Å². The van der Waals surface area contributed by atoms with Crippen LogP contribution in [0.15, 0.2) is 41.6 Å². The third-order valence-electron chi connectivity index (χ3n) is 3.03. The summed E-state index contributed by atoms with van der Waals surface area (Å²) in [5.74, 6) is 0.0440. The van der Waals surface area contributed by atoms with E-state index in [9.17, 15) is 9.59 Å². The molecular formula is C15H13N3O3S. The van der Waals surface area contributed by atoms with E-state index in [1.165, 1.54) is 16.4 Å². The highest BCUT2D eigenvalue weighted by molar-refractivity contribution is 8.18. The summed E-state index contributed by atoms with van der Waals surface area (Å²) >= 11 is 0.849. The molecule has 0 unspecified atom stereocenters. The number of nitrogens with one attached hydrogen (secondary N) is 1. The van der Waals surface area contributed by atoms with Crippen LogP contribution in [0.25, 0.3) is 6.08 Å². The fourth-order valence-electron chi connectivity index (χ4n) is 1.88. The molecule has 0 atom stereocenters. The van der Waals surface area contributed by atoms with Crippen molar-refractivity contribution >= 4 is 29.0 Å². The smallest absolute Gasteiger partial charge is 0.290 e. The number of imide groups is 1. The van der Waals surface area contributed by atoms with Gasteiger partial charge in [-0.25, -0.2) is 4.98 Å². The zero-order valence-electron chi connectivity index (χ0n) is 11.8. The van der Waals surface area contributed by atoms with Gasteiger partial charge in [0.05, 0.1) is 11.1 Å². The molecule has 22 heavy (non-hydrogen) atoms. The van der Waals surface area contributed by atoms with Crippen molar-refractivity contribution in [3.05, 3.63) is 58.5 Å². The third kappa shape index (κ3) is 3.20. The predicted octanol–water partition coefficient (Wildman–Crippen LogP) is 2.14. The van der Waals surface area contributed by atoms with Gasteiger partial charge in [0, 0.05) is 12.3 Å². The topological polar surface area (TPSA) is 73.2 Å². The molecule has 7 heteroatoms. The van der Waals surface area contributed by atoms with Gasteiger partial charge in [0.1, 0.15) is 6.61 Å². The molecule has 0 bridgehead atoms. The first-order valence-corrected chi connectivity index (χ1v) is 7.40. The Hall–Kier alpha value is -2.54. The molecule has 1 aliphatic rings. The Balaban J connectivity index is 1.72. The molecule has 6 nitrogen and oxygen atoms in total. The number of hydrogen-bond donors (Lipinski definition) is 1. The highest BCUT2D eigenvalue weighted by atomic mass is 32.2. The van der Waals surface area contributed by atoms with Crippen LogP contribution in [-0.2, 0) is 11.4 Å². The maximum absolute atomic E-state index is 11.5. The zero-order valence-corrected chi connectivity index (χ0v) is 12.6. The highest BCUT2D eigenvalue weighted by Crippen LogP contribution is 2.24. The summed E-state index contributed by atoms with van der Waals surface area (Å²) in [6.45, 7) is 2.40. The first kappa shape index (κ1) is 14.4. The van der Waals surface area contributed by atoms with E-state index >= 15 is 0 Å². The molecule has 3 rings (SSSR count). The molecule has 1 aromatic heterocycles. The number of amides is 2. The molecular weight excluding hydrogens is 302 g/mol. The number of rotatable bonds is 4. The minimum absolute atomic E-state index is 0.302. The van der Waals surface area contributed by atoms with Crippen LogP contribution in [0.3, 0.4) is 0 Å². The van der Waals surface area contributed by atoms with Crippen LogP contribution < -0.4 is 10.2 Å². The van der Waals surface area contributed by atoms with Crippen molar-refractivity contribution in [1.29, 1.82) is 0 Å². The molecule has 112 valence electrons. The summed E-state index contributed by atoms with van der Waals surface area (Å²) < 4.78 is 1.48. The number of carbonyl (C=O) groups excluding carboxylic acids is 2. The van der Waals surface area contributed by atoms with Crippen molar-refractivity contribution in [2.75, 3.05) is 0 Å². The zero-order chi connectivity index (χ0) is 15.5. The number of nitrogens with zero attached hydrogens (tertiary/aromatic N) is 2. The van der Waals surface area contributed by atoms with E-state index in [-0.39, 0.29) is 5.24 Å². The van der Waals surface area contributed by atoms with Crippen molar-refractivity contribution < 1.29 is 14.4 Å². The molecule has 0 saturated carbocycles. The Labute approximate surface area is 131 Å². The van der Waals surface area contributed by atoms with E-state index in [2.05, 4.69) is 10.3 Å². The molecule has 1 aliphatic heterocycles. The summed E-state index contributed by atoms with van der Waals surface area (Å²) in [5, 5.41) is 1.82. The van der Waals surface area contributed by atoms with E-state index in [0.29, 0.717) is 17.3 Å². The number of carbonyl (C=O) groups is 2. The summed E-state index contributed by atoms with van der Waals surface area (Å²) in [5.41, 5.74) is 2.21. The van der Waals surface area contributed by atoms with Crippen molar-refractivity contribution in [2.24, 2.45) is 0 Å². The second-order valence-corrected chi connectivity index (χ2v) is 5.74. The largest absolute Gasteiger partial charge is 0.408 e. The van der Waals surface area contributed by atoms with E-state index in [1.807, 2.05) is 31.2 Å². The van der Waals surface area contributed by atoms with Crippen LogP contribution in [0.2, 0.25) is 0 Å². The molecule has 1 aromatic carbocycles. The summed E-state index contributed by atoms with van der Waals surface area (Å²) in [4.78, 5) is 32.8. The standard InChI is InChI=1S/C15H13N3O3S/c1-10-2-4-11(5-3-10)9-21-18-7-6-16-13(18)8-12-14(19)17-15(20)22-12/h2-8H,9H2,1H3,(H,17,19,20). The van der Waals surface area contributed by atoms with Gasteiger partial charge in [0.25, 0.3) is 11.1 Å². The lowest BCUT2D eigenvalue weighted by atomic mass is 10.2. The lowest BCUT2D eigenvalue weighted by molar-refractivity contribution is -0.115. The minimum atomic E-state index is -0.414. The lowest BCUT2D eigenvalue weighted by Crippen LogP contribution is -2.18. The molecule has 2 aromatic rings. The second-order valence-electron chi connectivity index (χ2n) is 4.72. The van der Waals surface area contributed by atoms with Crippen molar-refractivity contribution in [3.8, 4) is 0 Å². The van der Waals surface area contributed by atoms with E-state index < -0.39 is 5.91 Å². The maximum Gasteiger partial charge on any atom is 0.290 e. The maximum atomic E-state index is 11.5. The van der Waals surface area contributed by atoms with Crippen LogP contribution >= 0.6 is 11.8 Å². The van der Waals surface area contributed by atoms with Gasteiger partial charge in [0.15, 0.2) is 5.82 Å². The fraction of sp³-hybridized carbons (Fsp3) is 0.133. The molecule has 1 N–H and O–H groups in total. The van der Waals surface area contributed by atoms with Gasteiger partial charge in [-0.3, -0.25) is 14.9 Å². The van der Waals surface area contributed by atoms with Gasteiger partial charge >= 0.3 is 0 Å². The number of hydrogen-bond acceptors (Lipinski definition) is 5. The van der Waals surface area contributed by atoms with Gasteiger partial charge in [-0.05, 0) is 24.2 Å². The van der Waals surface area contributed by atoms with E-state index in [0.717, 1.165) is 17.3 Å². The van der Waals surface area contributed by atoms with E-state index in [1.54, 1.807) is 12.4 Å². The molecule has 1 saturated heterocycles. The third-order valence-corrected chi connectivity index (χ3v) is 3.84. The van der Waals surface area contributed by atoms with Gasteiger partial charge in [0.2, 0.25) is 0 Å². The number of imidazole rings is 1. The SMILES string of the molecule is Cc1ccc(COn2ccnc2C=C2SC(=O)NC2=O)cc1.